The summed E-state index contributed by atoms with van der Waals surface area (Å²) in [6.07, 6.45) is 1.14. The maximum Gasteiger partial charge on any atom is 0.270 e. The van der Waals surface area contributed by atoms with Gasteiger partial charge in [-0.25, -0.2) is 13.1 Å². The largest absolute Gasteiger partial charge is 0.337 e. The number of piperidine rings is 1. The van der Waals surface area contributed by atoms with Gasteiger partial charge in [0, 0.05) is 25.2 Å². The summed E-state index contributed by atoms with van der Waals surface area (Å²) in [4.78, 5) is 27.6. The number of hydrogen-bond acceptors (Lipinski definition) is 4. The van der Waals surface area contributed by atoms with Gasteiger partial charge in [0.2, 0.25) is 15.6 Å². The molecule has 21 heavy (non-hydrogen) atoms. The predicted molar refractivity (Wildman–Crippen MR) is 78.6 cm³/mol. The van der Waals surface area contributed by atoms with E-state index in [0.29, 0.717) is 25.9 Å². The predicted octanol–water partition coefficient (Wildman–Crippen LogP) is -0.0812. The van der Waals surface area contributed by atoms with Crippen molar-refractivity contribution < 1.29 is 13.2 Å². The van der Waals surface area contributed by atoms with E-state index < -0.39 is 10.0 Å². The van der Waals surface area contributed by atoms with Crippen molar-refractivity contribution in [1.29, 1.82) is 0 Å². The van der Waals surface area contributed by atoms with E-state index in [-0.39, 0.29) is 29.0 Å². The fourth-order valence-electron chi connectivity index (χ4n) is 2.28. The van der Waals surface area contributed by atoms with Crippen LogP contribution >= 0.6 is 0 Å². The molecule has 116 valence electrons. The summed E-state index contributed by atoms with van der Waals surface area (Å²) < 4.78 is 25.7. The van der Waals surface area contributed by atoms with E-state index in [4.69, 9.17) is 0 Å². The minimum absolute atomic E-state index is 0.0530. The maximum absolute atomic E-state index is 12.2. The van der Waals surface area contributed by atoms with Gasteiger partial charge in [-0.3, -0.25) is 9.59 Å². The second-order valence-electron chi connectivity index (χ2n) is 5.02. The summed E-state index contributed by atoms with van der Waals surface area (Å²) >= 11 is 0. The van der Waals surface area contributed by atoms with Gasteiger partial charge in [0.1, 0.15) is 5.69 Å². The Labute approximate surface area is 123 Å². The Kier molecular flexibility index (Phi) is 4.79. The number of nitrogens with zero attached hydrogens (tertiary/aromatic N) is 1. The summed E-state index contributed by atoms with van der Waals surface area (Å²) in [6, 6.07) is 4.32. The van der Waals surface area contributed by atoms with Gasteiger partial charge >= 0.3 is 0 Å². The maximum atomic E-state index is 12.2. The third-order valence-electron chi connectivity index (χ3n) is 3.51. The smallest absolute Gasteiger partial charge is 0.270 e. The molecule has 1 aromatic heterocycles. The van der Waals surface area contributed by atoms with Crippen LogP contribution in [0.25, 0.3) is 0 Å². The average Bonchev–Trinajstić information content (AvgIpc) is 2.47. The lowest BCUT2D eigenvalue weighted by atomic mass is 10.1. The normalized spacial score (nSPS) is 16.9. The molecule has 7 nitrogen and oxygen atoms in total. The lowest BCUT2D eigenvalue weighted by Gasteiger charge is -2.32. The Bertz CT molecular complexity index is 660. The quantitative estimate of drug-likeness (QED) is 0.812. The highest BCUT2D eigenvalue weighted by atomic mass is 32.2. The van der Waals surface area contributed by atoms with E-state index in [0.717, 1.165) is 0 Å². The van der Waals surface area contributed by atoms with Crippen molar-refractivity contribution in [3.05, 3.63) is 34.2 Å². The Morgan fingerprint density at radius 3 is 2.62 bits per heavy atom. The summed E-state index contributed by atoms with van der Waals surface area (Å²) in [7, 11) is -3.22. The molecule has 1 amide bonds. The highest BCUT2D eigenvalue weighted by Crippen LogP contribution is 2.13. The van der Waals surface area contributed by atoms with E-state index in [1.165, 1.54) is 12.1 Å². The first-order valence-electron chi connectivity index (χ1n) is 6.90. The average molecular weight is 313 g/mol. The van der Waals surface area contributed by atoms with Crippen LogP contribution in [-0.2, 0) is 10.0 Å². The second kappa shape index (κ2) is 6.40. The molecule has 1 aromatic rings. The molecule has 0 aromatic carbocycles. The highest BCUT2D eigenvalue weighted by Gasteiger charge is 2.26. The number of hydrogen-bond donors (Lipinski definition) is 2. The van der Waals surface area contributed by atoms with Crippen LogP contribution < -0.4 is 10.3 Å². The van der Waals surface area contributed by atoms with Crippen molar-refractivity contribution in [3.8, 4) is 0 Å². The number of aromatic amines is 1. The molecule has 8 heteroatoms. The van der Waals surface area contributed by atoms with Crippen molar-refractivity contribution in [2.45, 2.75) is 25.8 Å². The monoisotopic (exact) mass is 313 g/mol. The first-order valence-corrected chi connectivity index (χ1v) is 8.55. The number of carbonyl (C=O) groups is 1. The van der Waals surface area contributed by atoms with E-state index in [9.17, 15) is 18.0 Å². The summed E-state index contributed by atoms with van der Waals surface area (Å²) in [5.74, 6) is -0.179. The van der Waals surface area contributed by atoms with Crippen LogP contribution in [0.1, 0.15) is 30.3 Å². The SMILES string of the molecule is CCS(=O)(=O)NC1CCN(C(=O)c2cccc(=O)[nH]2)CC1. The molecule has 1 aliphatic heterocycles. The van der Waals surface area contributed by atoms with Gasteiger partial charge in [0.25, 0.3) is 5.91 Å². The number of sulfonamides is 1. The van der Waals surface area contributed by atoms with Gasteiger partial charge in [-0.2, -0.15) is 0 Å². The standard InChI is InChI=1S/C13H19N3O4S/c1-2-21(19,20)15-10-6-8-16(9-7-10)13(18)11-4-3-5-12(17)14-11/h3-5,10,15H,2,6-9H2,1H3,(H,14,17). The van der Waals surface area contributed by atoms with Crippen molar-refractivity contribution in [3.63, 3.8) is 0 Å². The van der Waals surface area contributed by atoms with Crippen LogP contribution in [-0.4, -0.2) is 49.1 Å². The third kappa shape index (κ3) is 4.15. The molecule has 1 aliphatic rings. The van der Waals surface area contributed by atoms with Crippen LogP contribution in [0.5, 0.6) is 0 Å². The number of aromatic nitrogens is 1. The molecular weight excluding hydrogens is 294 g/mol. The van der Waals surface area contributed by atoms with Gasteiger partial charge in [-0.05, 0) is 25.8 Å². The van der Waals surface area contributed by atoms with Crippen LogP contribution in [0.2, 0.25) is 0 Å². The van der Waals surface area contributed by atoms with E-state index in [1.807, 2.05) is 0 Å². The first kappa shape index (κ1) is 15.7. The first-order chi connectivity index (χ1) is 9.91. The lowest BCUT2D eigenvalue weighted by molar-refractivity contribution is 0.0705. The zero-order valence-corrected chi connectivity index (χ0v) is 12.6. The fraction of sp³-hybridized carbons (Fsp3) is 0.538. The molecule has 0 saturated carbocycles. The van der Waals surface area contributed by atoms with E-state index in [2.05, 4.69) is 9.71 Å². The number of H-pyrrole nitrogens is 1. The van der Waals surface area contributed by atoms with Crippen molar-refractivity contribution >= 4 is 15.9 Å². The Hall–Kier alpha value is -1.67. The van der Waals surface area contributed by atoms with Crippen LogP contribution in [0.3, 0.4) is 0 Å². The molecule has 1 saturated heterocycles. The Morgan fingerprint density at radius 2 is 2.05 bits per heavy atom. The lowest BCUT2D eigenvalue weighted by Crippen LogP contribution is -2.47. The Morgan fingerprint density at radius 1 is 1.38 bits per heavy atom. The van der Waals surface area contributed by atoms with Gasteiger partial charge in [0.15, 0.2) is 0 Å². The van der Waals surface area contributed by atoms with Gasteiger partial charge in [-0.1, -0.05) is 6.07 Å². The molecular formula is C13H19N3O4S. The molecule has 0 unspecified atom stereocenters. The molecule has 0 spiro atoms. The number of likely N-dealkylation sites (tertiary alicyclic amines) is 1. The van der Waals surface area contributed by atoms with E-state index in [1.54, 1.807) is 17.9 Å². The van der Waals surface area contributed by atoms with Gasteiger partial charge in [0.05, 0.1) is 5.75 Å². The number of rotatable bonds is 4. The van der Waals surface area contributed by atoms with Gasteiger partial charge < -0.3 is 9.88 Å². The Balaban J connectivity index is 1.95. The zero-order valence-electron chi connectivity index (χ0n) is 11.8. The fourth-order valence-corrected chi connectivity index (χ4v) is 3.19. The van der Waals surface area contributed by atoms with Gasteiger partial charge in [-0.15, -0.1) is 0 Å². The molecule has 0 bridgehead atoms. The van der Waals surface area contributed by atoms with Crippen molar-refractivity contribution in [1.82, 2.24) is 14.6 Å². The molecule has 0 atom stereocenters. The third-order valence-corrected chi connectivity index (χ3v) is 4.96. The summed E-state index contributed by atoms with van der Waals surface area (Å²) in [5, 5.41) is 0. The zero-order chi connectivity index (χ0) is 15.5. The number of nitrogens with one attached hydrogen (secondary N) is 2. The van der Waals surface area contributed by atoms with Crippen LogP contribution in [0, 0.1) is 0 Å². The number of pyridine rings is 1. The van der Waals surface area contributed by atoms with E-state index >= 15 is 0 Å². The number of carbonyl (C=O) groups excluding carboxylic acids is 1. The number of amides is 1. The van der Waals surface area contributed by atoms with Crippen molar-refractivity contribution in [2.24, 2.45) is 0 Å². The molecule has 0 radical (unpaired) electrons. The topological polar surface area (TPSA) is 99.3 Å². The molecule has 1 fully saturated rings. The van der Waals surface area contributed by atoms with Crippen LogP contribution in [0.4, 0.5) is 0 Å². The molecule has 2 rings (SSSR count). The second-order valence-corrected chi connectivity index (χ2v) is 7.06. The highest BCUT2D eigenvalue weighted by molar-refractivity contribution is 7.89. The minimum atomic E-state index is -3.22. The molecule has 0 aliphatic carbocycles. The van der Waals surface area contributed by atoms with Crippen LogP contribution in [0.15, 0.2) is 23.0 Å². The summed E-state index contributed by atoms with van der Waals surface area (Å²) in [5.41, 5.74) is -0.0541. The molecule has 2 heterocycles. The summed E-state index contributed by atoms with van der Waals surface area (Å²) in [6.45, 7) is 2.52. The minimum Gasteiger partial charge on any atom is -0.337 e. The molecule has 2 N–H and O–H groups in total. The van der Waals surface area contributed by atoms with Crippen molar-refractivity contribution in [2.75, 3.05) is 18.8 Å².